The van der Waals surface area contributed by atoms with Crippen LogP contribution in [0, 0.1) is 0 Å². The molecular formula is C18H24BrN5. The van der Waals surface area contributed by atoms with E-state index in [9.17, 15) is 0 Å². The highest BCUT2D eigenvalue weighted by molar-refractivity contribution is 9.10. The number of nitrogens with one attached hydrogen (secondary N) is 1. The Hall–Kier alpha value is -1.82. The number of aryl methyl sites for hydroxylation is 1. The lowest BCUT2D eigenvalue weighted by Crippen LogP contribution is -2.40. The second-order valence-corrected chi connectivity index (χ2v) is 7.24. The van der Waals surface area contributed by atoms with Gasteiger partial charge in [-0.15, -0.1) is 0 Å². The monoisotopic (exact) mass is 389 g/mol. The molecule has 6 heteroatoms. The average Bonchev–Trinajstić information content (AvgIpc) is 3.20. The number of hydrogen-bond acceptors (Lipinski definition) is 2. The molecule has 128 valence electrons. The van der Waals surface area contributed by atoms with Crippen LogP contribution < -0.4 is 5.32 Å². The largest absolute Gasteiger partial charge is 0.353 e. The maximum atomic E-state index is 4.65. The van der Waals surface area contributed by atoms with Gasteiger partial charge in [0.1, 0.15) is 0 Å². The molecule has 5 nitrogen and oxygen atoms in total. The number of rotatable bonds is 5. The van der Waals surface area contributed by atoms with Gasteiger partial charge in [0.25, 0.3) is 0 Å². The van der Waals surface area contributed by atoms with Crippen molar-refractivity contribution in [2.45, 2.75) is 31.8 Å². The third-order valence-corrected chi connectivity index (χ3v) is 4.78. The minimum absolute atomic E-state index is 0.466. The predicted molar refractivity (Wildman–Crippen MR) is 101 cm³/mol. The zero-order valence-electron chi connectivity index (χ0n) is 14.4. The molecule has 2 atom stereocenters. The summed E-state index contributed by atoms with van der Waals surface area (Å²) in [6, 6.07) is 9.09. The standard InChI is InChI=1S/C18H24BrN5/c1-4-20-18(23(2)11-13-10-21-24(3)12-13)22-17-9-16(17)14-5-7-15(19)8-6-14/h5-8,10,12,16-17H,4,9,11H2,1-3H3,(H,20,22). The molecule has 0 saturated heterocycles. The van der Waals surface area contributed by atoms with Crippen molar-refractivity contribution in [3.8, 4) is 0 Å². The van der Waals surface area contributed by atoms with Crippen molar-refractivity contribution in [1.82, 2.24) is 20.0 Å². The van der Waals surface area contributed by atoms with Gasteiger partial charge in [0.15, 0.2) is 5.96 Å². The molecule has 1 aliphatic carbocycles. The molecule has 1 aromatic heterocycles. The maximum absolute atomic E-state index is 4.65. The highest BCUT2D eigenvalue weighted by atomic mass is 79.9. The average molecular weight is 390 g/mol. The normalized spacial score (nSPS) is 20.1. The van der Waals surface area contributed by atoms with Gasteiger partial charge in [0.2, 0.25) is 0 Å². The quantitative estimate of drug-likeness (QED) is 0.630. The summed E-state index contributed by atoms with van der Waals surface area (Å²) in [6.07, 6.45) is 5.11. The molecule has 24 heavy (non-hydrogen) atoms. The first-order valence-electron chi connectivity index (χ1n) is 8.32. The molecule has 0 spiro atoms. The first-order chi connectivity index (χ1) is 11.6. The topological polar surface area (TPSA) is 45.5 Å². The summed E-state index contributed by atoms with van der Waals surface area (Å²) >= 11 is 3.49. The van der Waals surface area contributed by atoms with E-state index in [1.54, 1.807) is 0 Å². The lowest BCUT2D eigenvalue weighted by Gasteiger charge is -2.22. The van der Waals surface area contributed by atoms with Crippen molar-refractivity contribution < 1.29 is 0 Å². The van der Waals surface area contributed by atoms with E-state index in [0.717, 1.165) is 29.9 Å². The van der Waals surface area contributed by atoms with Gasteiger partial charge in [-0.2, -0.15) is 5.10 Å². The minimum atomic E-state index is 0.466. The van der Waals surface area contributed by atoms with E-state index in [4.69, 9.17) is 0 Å². The third-order valence-electron chi connectivity index (χ3n) is 4.25. The Morgan fingerprint density at radius 3 is 2.79 bits per heavy atom. The summed E-state index contributed by atoms with van der Waals surface area (Å²) in [5.74, 6) is 1.54. The summed E-state index contributed by atoms with van der Waals surface area (Å²) in [5.41, 5.74) is 2.58. The van der Waals surface area contributed by atoms with Crippen LogP contribution in [-0.4, -0.2) is 40.3 Å². The molecule has 1 N–H and O–H groups in total. The van der Waals surface area contributed by atoms with Crippen LogP contribution in [0.4, 0.5) is 0 Å². The summed E-state index contributed by atoms with van der Waals surface area (Å²) in [5, 5.41) is 7.85. The second-order valence-electron chi connectivity index (χ2n) is 6.32. The highest BCUT2D eigenvalue weighted by Gasteiger charge is 2.39. The van der Waals surface area contributed by atoms with E-state index in [1.165, 1.54) is 11.1 Å². The molecule has 2 aromatic rings. The van der Waals surface area contributed by atoms with Gasteiger partial charge in [0.05, 0.1) is 6.20 Å². The molecule has 1 aromatic carbocycles. The summed E-state index contributed by atoms with van der Waals surface area (Å²) in [6.45, 7) is 3.64. The van der Waals surface area contributed by atoms with Crippen LogP contribution in [0.5, 0.6) is 0 Å². The zero-order valence-corrected chi connectivity index (χ0v) is 16.0. The van der Waals surface area contributed by atoms with Gasteiger partial charge >= 0.3 is 0 Å². The molecule has 3 rings (SSSR count). The van der Waals surface area contributed by atoms with Crippen LogP contribution in [-0.2, 0) is 13.6 Å². The minimum Gasteiger partial charge on any atom is -0.353 e. The number of guanidine groups is 1. The van der Waals surface area contributed by atoms with Crippen LogP contribution >= 0.6 is 15.9 Å². The molecule has 0 radical (unpaired) electrons. The fourth-order valence-corrected chi connectivity index (χ4v) is 3.19. The van der Waals surface area contributed by atoms with E-state index in [0.29, 0.717) is 12.0 Å². The van der Waals surface area contributed by atoms with Crippen LogP contribution in [0.15, 0.2) is 46.1 Å². The Kier molecular flexibility index (Phi) is 5.23. The van der Waals surface area contributed by atoms with Crippen molar-refractivity contribution in [3.63, 3.8) is 0 Å². The number of benzene rings is 1. The second kappa shape index (κ2) is 7.38. The molecule has 0 amide bonds. The fraction of sp³-hybridized carbons (Fsp3) is 0.444. The number of aliphatic imine (C=N–C) groups is 1. The SMILES string of the molecule is CCN=C(NC1CC1c1ccc(Br)cc1)N(C)Cc1cnn(C)c1. The fourth-order valence-electron chi connectivity index (χ4n) is 2.93. The first-order valence-corrected chi connectivity index (χ1v) is 9.11. The van der Waals surface area contributed by atoms with Crippen molar-refractivity contribution in [2.75, 3.05) is 13.6 Å². The smallest absolute Gasteiger partial charge is 0.194 e. The van der Waals surface area contributed by atoms with Gasteiger partial charge < -0.3 is 10.2 Å². The number of halogens is 1. The predicted octanol–water partition coefficient (Wildman–Crippen LogP) is 3.14. The van der Waals surface area contributed by atoms with Crippen molar-refractivity contribution in [2.24, 2.45) is 12.0 Å². The summed E-state index contributed by atoms with van der Waals surface area (Å²) in [4.78, 5) is 6.81. The van der Waals surface area contributed by atoms with Crippen LogP contribution in [0.25, 0.3) is 0 Å². The number of nitrogens with zero attached hydrogens (tertiary/aromatic N) is 4. The lowest BCUT2D eigenvalue weighted by molar-refractivity contribution is 0.474. The van der Waals surface area contributed by atoms with Crippen LogP contribution in [0.3, 0.4) is 0 Å². The summed E-state index contributed by atoms with van der Waals surface area (Å²) in [7, 11) is 4.02. The Morgan fingerprint density at radius 1 is 1.42 bits per heavy atom. The maximum Gasteiger partial charge on any atom is 0.194 e. The Balaban J connectivity index is 1.60. The number of hydrogen-bond donors (Lipinski definition) is 1. The van der Waals surface area contributed by atoms with E-state index >= 15 is 0 Å². The molecule has 1 heterocycles. The Bertz CT molecular complexity index is 706. The van der Waals surface area contributed by atoms with Gasteiger partial charge in [-0.3, -0.25) is 9.67 Å². The van der Waals surface area contributed by atoms with E-state index < -0.39 is 0 Å². The van der Waals surface area contributed by atoms with Gasteiger partial charge in [-0.25, -0.2) is 0 Å². The molecule has 1 aliphatic rings. The number of aromatic nitrogens is 2. The zero-order chi connectivity index (χ0) is 17.1. The Morgan fingerprint density at radius 2 is 2.17 bits per heavy atom. The molecular weight excluding hydrogens is 366 g/mol. The van der Waals surface area contributed by atoms with Crippen molar-refractivity contribution in [1.29, 1.82) is 0 Å². The molecule has 1 saturated carbocycles. The Labute approximate surface area is 151 Å². The molecule has 0 aliphatic heterocycles. The molecule has 0 bridgehead atoms. The van der Waals surface area contributed by atoms with Gasteiger partial charge in [-0.1, -0.05) is 28.1 Å². The van der Waals surface area contributed by atoms with Crippen molar-refractivity contribution in [3.05, 3.63) is 52.3 Å². The third kappa shape index (κ3) is 4.17. The summed E-state index contributed by atoms with van der Waals surface area (Å²) < 4.78 is 2.96. The van der Waals surface area contributed by atoms with Crippen molar-refractivity contribution >= 4 is 21.9 Å². The van der Waals surface area contributed by atoms with E-state index in [-0.39, 0.29) is 0 Å². The van der Waals surface area contributed by atoms with Crippen LogP contribution in [0.2, 0.25) is 0 Å². The van der Waals surface area contributed by atoms with Gasteiger partial charge in [0, 0.05) is 55.4 Å². The lowest BCUT2D eigenvalue weighted by atomic mass is 10.1. The van der Waals surface area contributed by atoms with Gasteiger partial charge in [-0.05, 0) is 31.0 Å². The molecule has 2 unspecified atom stereocenters. The van der Waals surface area contributed by atoms with E-state index in [2.05, 4.69) is 74.5 Å². The van der Waals surface area contributed by atoms with E-state index in [1.807, 2.05) is 24.1 Å². The highest BCUT2D eigenvalue weighted by Crippen LogP contribution is 2.41. The van der Waals surface area contributed by atoms with Crippen LogP contribution in [0.1, 0.15) is 30.4 Å². The molecule has 1 fully saturated rings. The first kappa shape index (κ1) is 17.0.